The second-order valence-corrected chi connectivity index (χ2v) is 3.82. The normalized spacial score (nSPS) is 18.6. The molecule has 6 nitrogen and oxygen atoms in total. The average Bonchev–Trinajstić information content (AvgIpc) is 2.39. The van der Waals surface area contributed by atoms with Crippen molar-refractivity contribution >= 4 is 17.9 Å². The molecule has 0 aromatic carbocycles. The lowest BCUT2D eigenvalue weighted by Crippen LogP contribution is -2.47. The number of carbonyl (C=O) groups excluding carboxylic acids is 1. The van der Waals surface area contributed by atoms with Gasteiger partial charge in [0.15, 0.2) is 12.0 Å². The van der Waals surface area contributed by atoms with Gasteiger partial charge in [0, 0.05) is 13.1 Å². The van der Waals surface area contributed by atoms with Crippen LogP contribution in [0.5, 0.6) is 5.75 Å². The van der Waals surface area contributed by atoms with Crippen LogP contribution in [-0.2, 0) is 9.53 Å². The Morgan fingerprint density at radius 1 is 1.41 bits per heavy atom. The lowest BCUT2D eigenvalue weighted by molar-refractivity contribution is -0.125. The average molecular weight is 258 g/mol. The van der Waals surface area contributed by atoms with Crippen LogP contribution in [0, 0.1) is 0 Å². The third kappa shape index (κ3) is 3.36. The van der Waals surface area contributed by atoms with E-state index in [1.807, 2.05) is 4.90 Å². The van der Waals surface area contributed by atoms with Gasteiger partial charge in [-0.15, -0.1) is 0 Å². The van der Waals surface area contributed by atoms with Gasteiger partial charge in [-0.25, -0.2) is 9.97 Å². The van der Waals surface area contributed by atoms with E-state index in [4.69, 9.17) is 21.1 Å². The lowest BCUT2D eigenvalue weighted by atomic mass is 10.4. The van der Waals surface area contributed by atoms with Crippen LogP contribution in [0.25, 0.3) is 0 Å². The van der Waals surface area contributed by atoms with Crippen LogP contribution in [0.15, 0.2) is 12.4 Å². The highest BCUT2D eigenvalue weighted by Gasteiger charge is 2.21. The summed E-state index contributed by atoms with van der Waals surface area (Å²) in [7, 11) is 0. The van der Waals surface area contributed by atoms with Gasteiger partial charge in [-0.3, -0.25) is 9.69 Å². The van der Waals surface area contributed by atoms with Crippen molar-refractivity contribution in [1.29, 1.82) is 0 Å². The van der Waals surface area contributed by atoms with Crippen LogP contribution >= 0.6 is 11.6 Å². The van der Waals surface area contributed by atoms with E-state index < -0.39 is 6.23 Å². The maximum atomic E-state index is 11.0. The highest BCUT2D eigenvalue weighted by Crippen LogP contribution is 2.12. The SMILES string of the molecule is O=C[C@H](Oc1cnc(Cl)nc1)N1CCOCC1. The zero-order valence-corrected chi connectivity index (χ0v) is 9.84. The number of nitrogens with zero attached hydrogens (tertiary/aromatic N) is 3. The summed E-state index contributed by atoms with van der Waals surface area (Å²) in [6.45, 7) is 2.53. The first kappa shape index (κ1) is 12.2. The van der Waals surface area contributed by atoms with Crippen molar-refractivity contribution in [3.05, 3.63) is 17.7 Å². The summed E-state index contributed by atoms with van der Waals surface area (Å²) in [5.74, 6) is 0.415. The van der Waals surface area contributed by atoms with E-state index >= 15 is 0 Å². The predicted molar refractivity (Wildman–Crippen MR) is 59.9 cm³/mol. The quantitative estimate of drug-likeness (QED) is 0.573. The molecule has 0 amide bonds. The van der Waals surface area contributed by atoms with Crippen LogP contribution in [0.2, 0.25) is 5.28 Å². The maximum Gasteiger partial charge on any atom is 0.222 e. The molecule has 0 bridgehead atoms. The van der Waals surface area contributed by atoms with E-state index in [-0.39, 0.29) is 5.28 Å². The van der Waals surface area contributed by atoms with E-state index in [1.54, 1.807) is 0 Å². The molecular weight excluding hydrogens is 246 g/mol. The Kier molecular flexibility index (Phi) is 4.24. The molecule has 1 aliphatic heterocycles. The number of aromatic nitrogens is 2. The largest absolute Gasteiger partial charge is 0.465 e. The van der Waals surface area contributed by atoms with Crippen molar-refractivity contribution in [2.75, 3.05) is 26.3 Å². The summed E-state index contributed by atoms with van der Waals surface area (Å²) >= 11 is 5.56. The van der Waals surface area contributed by atoms with Crippen LogP contribution < -0.4 is 4.74 Å². The van der Waals surface area contributed by atoms with Crippen molar-refractivity contribution in [2.45, 2.75) is 6.23 Å². The van der Waals surface area contributed by atoms with Crippen molar-refractivity contribution in [3.63, 3.8) is 0 Å². The lowest BCUT2D eigenvalue weighted by Gasteiger charge is -2.30. The third-order valence-electron chi connectivity index (χ3n) is 2.38. The first-order valence-electron chi connectivity index (χ1n) is 5.21. The first-order chi connectivity index (χ1) is 8.29. The van der Waals surface area contributed by atoms with Gasteiger partial charge in [0.25, 0.3) is 0 Å². The molecule has 92 valence electrons. The van der Waals surface area contributed by atoms with E-state index in [0.717, 1.165) is 6.29 Å². The maximum absolute atomic E-state index is 11.0. The molecule has 7 heteroatoms. The molecule has 1 aromatic rings. The number of halogens is 1. The molecule has 17 heavy (non-hydrogen) atoms. The molecule has 0 radical (unpaired) electrons. The van der Waals surface area contributed by atoms with Crippen LogP contribution in [0.3, 0.4) is 0 Å². The van der Waals surface area contributed by atoms with Gasteiger partial charge >= 0.3 is 0 Å². The number of rotatable bonds is 4. The smallest absolute Gasteiger partial charge is 0.222 e. The molecule has 1 fully saturated rings. The summed E-state index contributed by atoms with van der Waals surface area (Å²) in [6.07, 6.45) is 2.99. The topological polar surface area (TPSA) is 64.5 Å². The van der Waals surface area contributed by atoms with Gasteiger partial charge in [0.05, 0.1) is 25.6 Å². The minimum Gasteiger partial charge on any atom is -0.465 e. The van der Waals surface area contributed by atoms with E-state index in [9.17, 15) is 4.79 Å². The molecular formula is C10H12ClN3O3. The van der Waals surface area contributed by atoms with Gasteiger partial charge in [0.1, 0.15) is 0 Å². The number of carbonyl (C=O) groups is 1. The number of aldehydes is 1. The first-order valence-corrected chi connectivity index (χ1v) is 5.58. The Hall–Kier alpha value is -1.24. The highest BCUT2D eigenvalue weighted by molar-refractivity contribution is 6.28. The fourth-order valence-corrected chi connectivity index (χ4v) is 1.62. The fourth-order valence-electron chi connectivity index (χ4n) is 1.52. The Balaban J connectivity index is 1.98. The summed E-state index contributed by atoms with van der Waals surface area (Å²) in [6, 6.07) is 0. The van der Waals surface area contributed by atoms with Gasteiger partial charge in [0.2, 0.25) is 11.5 Å². The Labute approximate surface area is 104 Å². The molecule has 1 saturated heterocycles. The van der Waals surface area contributed by atoms with Crippen LogP contribution in [0.1, 0.15) is 0 Å². The monoisotopic (exact) mass is 257 g/mol. The fraction of sp³-hybridized carbons (Fsp3) is 0.500. The molecule has 0 saturated carbocycles. The number of hydrogen-bond donors (Lipinski definition) is 0. The van der Waals surface area contributed by atoms with E-state index in [2.05, 4.69) is 9.97 Å². The minimum atomic E-state index is -0.635. The van der Waals surface area contributed by atoms with Crippen LogP contribution in [0.4, 0.5) is 0 Å². The zero-order valence-electron chi connectivity index (χ0n) is 9.08. The molecule has 0 aliphatic carbocycles. The second-order valence-electron chi connectivity index (χ2n) is 3.48. The standard InChI is InChI=1S/C10H12ClN3O3/c11-10-12-5-8(6-13-10)17-9(7-15)14-1-3-16-4-2-14/h5-7,9H,1-4H2/t9-/m0/s1. The zero-order chi connectivity index (χ0) is 12.1. The molecule has 0 unspecified atom stereocenters. The van der Waals surface area contributed by atoms with Gasteiger partial charge in [-0.2, -0.15) is 0 Å². The number of hydrogen-bond acceptors (Lipinski definition) is 6. The Morgan fingerprint density at radius 3 is 2.65 bits per heavy atom. The molecule has 0 N–H and O–H groups in total. The van der Waals surface area contributed by atoms with E-state index in [0.29, 0.717) is 32.1 Å². The minimum absolute atomic E-state index is 0.145. The van der Waals surface area contributed by atoms with Crippen LogP contribution in [-0.4, -0.2) is 53.7 Å². The molecule has 1 aliphatic rings. The number of morpholine rings is 1. The van der Waals surface area contributed by atoms with Crippen molar-refractivity contribution in [2.24, 2.45) is 0 Å². The third-order valence-corrected chi connectivity index (χ3v) is 2.57. The summed E-state index contributed by atoms with van der Waals surface area (Å²) in [5.41, 5.74) is 0. The molecule has 2 rings (SSSR count). The predicted octanol–water partition coefficient (Wildman–Crippen LogP) is 0.366. The van der Waals surface area contributed by atoms with Gasteiger partial charge in [-0.1, -0.05) is 0 Å². The van der Waals surface area contributed by atoms with E-state index in [1.165, 1.54) is 12.4 Å². The second kappa shape index (κ2) is 5.90. The Bertz CT molecular complexity index is 368. The molecule has 1 aromatic heterocycles. The van der Waals surface area contributed by atoms with Crippen molar-refractivity contribution in [3.8, 4) is 5.75 Å². The highest BCUT2D eigenvalue weighted by atomic mass is 35.5. The summed E-state index contributed by atoms with van der Waals surface area (Å²) < 4.78 is 10.7. The summed E-state index contributed by atoms with van der Waals surface area (Å²) in [4.78, 5) is 20.5. The summed E-state index contributed by atoms with van der Waals surface area (Å²) in [5, 5.41) is 0.145. The van der Waals surface area contributed by atoms with Gasteiger partial charge < -0.3 is 9.47 Å². The Morgan fingerprint density at radius 2 is 2.06 bits per heavy atom. The van der Waals surface area contributed by atoms with Crippen molar-refractivity contribution < 1.29 is 14.3 Å². The molecule has 1 atom stereocenters. The van der Waals surface area contributed by atoms with Crippen molar-refractivity contribution in [1.82, 2.24) is 14.9 Å². The molecule has 0 spiro atoms. The molecule has 2 heterocycles. The number of ether oxygens (including phenoxy) is 2. The van der Waals surface area contributed by atoms with Gasteiger partial charge in [-0.05, 0) is 11.6 Å².